The molecule has 19 heavy (non-hydrogen) atoms. The van der Waals surface area contributed by atoms with Crippen molar-refractivity contribution in [3.05, 3.63) is 40.8 Å². The van der Waals surface area contributed by atoms with Crippen LogP contribution in [-0.4, -0.2) is 21.1 Å². The fourth-order valence-electron chi connectivity index (χ4n) is 1.53. The van der Waals surface area contributed by atoms with E-state index in [-0.39, 0.29) is 11.6 Å². The molecule has 6 nitrogen and oxygen atoms in total. The van der Waals surface area contributed by atoms with E-state index in [0.29, 0.717) is 12.4 Å². The van der Waals surface area contributed by atoms with Crippen molar-refractivity contribution in [1.82, 2.24) is 20.0 Å². The zero-order valence-corrected chi connectivity index (χ0v) is 10.4. The molecule has 2 aromatic rings. The van der Waals surface area contributed by atoms with E-state index in [2.05, 4.69) is 26.7 Å². The first-order valence-electron chi connectivity index (χ1n) is 5.65. The van der Waals surface area contributed by atoms with Crippen molar-refractivity contribution in [2.24, 2.45) is 7.05 Å². The monoisotopic (exact) mass is 255 g/mol. The molecule has 0 amide bonds. The molecule has 1 heterocycles. The van der Waals surface area contributed by atoms with Crippen LogP contribution < -0.4 is 16.5 Å². The largest absolute Gasteiger partial charge is 0.352 e. The van der Waals surface area contributed by atoms with Gasteiger partial charge in [0.15, 0.2) is 0 Å². The summed E-state index contributed by atoms with van der Waals surface area (Å²) in [6, 6.07) is 9.41. The summed E-state index contributed by atoms with van der Waals surface area (Å²) in [5.41, 5.74) is 5.86. The zero-order chi connectivity index (χ0) is 13.7. The van der Waals surface area contributed by atoms with Crippen LogP contribution in [0.1, 0.15) is 0 Å². The zero-order valence-electron chi connectivity index (χ0n) is 10.4. The molecular formula is C13H13N5O. The van der Waals surface area contributed by atoms with Gasteiger partial charge in [0.25, 0.3) is 0 Å². The lowest BCUT2D eigenvalue weighted by Gasteiger charge is -2.09. The number of nitrogens with one attached hydrogen (secondary N) is 2. The Labute approximate surface area is 110 Å². The van der Waals surface area contributed by atoms with Crippen molar-refractivity contribution >= 4 is 5.95 Å². The van der Waals surface area contributed by atoms with Gasteiger partial charge in [0.2, 0.25) is 5.95 Å². The molecule has 6 heteroatoms. The summed E-state index contributed by atoms with van der Waals surface area (Å²) >= 11 is 0. The molecule has 0 aliphatic carbocycles. The molecule has 1 aromatic carbocycles. The minimum Gasteiger partial charge on any atom is -0.289 e. The highest BCUT2D eigenvalue weighted by atomic mass is 16.1. The van der Waals surface area contributed by atoms with Gasteiger partial charge in [-0.1, -0.05) is 36.3 Å². The average Bonchev–Trinajstić information content (AvgIpc) is 2.44. The number of hydrazine groups is 1. The fraction of sp³-hybridized carbons (Fsp3) is 0.154. The Morgan fingerprint density at radius 1 is 1.32 bits per heavy atom. The third-order valence-corrected chi connectivity index (χ3v) is 2.44. The number of rotatable bonds is 4. The molecule has 0 bridgehead atoms. The predicted octanol–water partition coefficient (Wildman–Crippen LogP) is 0.392. The molecule has 2 N–H and O–H groups in total. The molecule has 0 radical (unpaired) electrons. The number of terminal acetylenes is 1. The van der Waals surface area contributed by atoms with Gasteiger partial charge in [0.05, 0.1) is 6.54 Å². The second-order valence-electron chi connectivity index (χ2n) is 3.76. The second-order valence-corrected chi connectivity index (χ2v) is 3.76. The van der Waals surface area contributed by atoms with Gasteiger partial charge in [-0.15, -0.1) is 6.42 Å². The Bertz CT molecular complexity index is 657. The third kappa shape index (κ3) is 2.97. The van der Waals surface area contributed by atoms with E-state index in [0.717, 1.165) is 5.56 Å². The van der Waals surface area contributed by atoms with Crippen LogP contribution in [-0.2, 0) is 7.05 Å². The summed E-state index contributed by atoms with van der Waals surface area (Å²) in [6.45, 7) is 0.305. The van der Waals surface area contributed by atoms with Crippen LogP contribution in [0.15, 0.2) is 35.1 Å². The Morgan fingerprint density at radius 2 is 2.05 bits per heavy atom. The summed E-state index contributed by atoms with van der Waals surface area (Å²) in [5, 5.41) is 0. The van der Waals surface area contributed by atoms with E-state index in [1.165, 1.54) is 4.57 Å². The van der Waals surface area contributed by atoms with Crippen molar-refractivity contribution in [2.45, 2.75) is 0 Å². The van der Waals surface area contributed by atoms with E-state index < -0.39 is 0 Å². The lowest BCUT2D eigenvalue weighted by molar-refractivity contribution is 0.770. The molecule has 0 unspecified atom stereocenters. The van der Waals surface area contributed by atoms with Gasteiger partial charge in [0, 0.05) is 12.6 Å². The standard InChI is InChI=1S/C13H13N5O/c1-3-9-14-17-12-15-11(18(2)13(19)16-12)10-7-5-4-6-8-10/h1,4-8,14H,9H2,2H3,(H,16,17,19). The highest BCUT2D eigenvalue weighted by Gasteiger charge is 2.08. The summed E-state index contributed by atoms with van der Waals surface area (Å²) in [4.78, 5) is 19.8. The van der Waals surface area contributed by atoms with Gasteiger partial charge in [-0.2, -0.15) is 9.97 Å². The van der Waals surface area contributed by atoms with Crippen LogP contribution in [0, 0.1) is 12.3 Å². The number of hydrogen-bond donors (Lipinski definition) is 2. The van der Waals surface area contributed by atoms with Gasteiger partial charge in [-0.05, 0) is 0 Å². The summed E-state index contributed by atoms with van der Waals surface area (Å²) in [7, 11) is 1.63. The van der Waals surface area contributed by atoms with Crippen LogP contribution in [0.2, 0.25) is 0 Å². The van der Waals surface area contributed by atoms with E-state index in [1.807, 2.05) is 30.3 Å². The molecular weight excluding hydrogens is 242 g/mol. The van der Waals surface area contributed by atoms with Gasteiger partial charge in [-0.25, -0.2) is 10.2 Å². The van der Waals surface area contributed by atoms with Crippen molar-refractivity contribution in [2.75, 3.05) is 12.0 Å². The van der Waals surface area contributed by atoms with E-state index in [1.54, 1.807) is 7.05 Å². The lowest BCUT2D eigenvalue weighted by Crippen LogP contribution is -2.29. The number of benzene rings is 1. The van der Waals surface area contributed by atoms with Crippen LogP contribution in [0.4, 0.5) is 5.95 Å². The maximum absolute atomic E-state index is 11.8. The van der Waals surface area contributed by atoms with Crippen molar-refractivity contribution in [1.29, 1.82) is 0 Å². The second kappa shape index (κ2) is 5.80. The molecule has 0 atom stereocenters. The summed E-state index contributed by atoms with van der Waals surface area (Å²) in [5.74, 6) is 3.12. The quantitative estimate of drug-likeness (QED) is 0.470. The minimum atomic E-state index is -0.390. The molecule has 0 saturated carbocycles. The first-order chi connectivity index (χ1) is 9.22. The average molecular weight is 255 g/mol. The molecule has 0 fully saturated rings. The Morgan fingerprint density at radius 3 is 2.74 bits per heavy atom. The number of hydrogen-bond acceptors (Lipinski definition) is 5. The summed E-state index contributed by atoms with van der Waals surface area (Å²) in [6.07, 6.45) is 5.11. The molecule has 96 valence electrons. The number of nitrogens with zero attached hydrogens (tertiary/aromatic N) is 3. The van der Waals surface area contributed by atoms with Gasteiger partial charge in [0.1, 0.15) is 5.82 Å². The highest BCUT2D eigenvalue weighted by molar-refractivity contribution is 5.56. The third-order valence-electron chi connectivity index (χ3n) is 2.44. The molecule has 0 aliphatic rings. The van der Waals surface area contributed by atoms with Gasteiger partial charge >= 0.3 is 5.69 Å². The number of aromatic nitrogens is 3. The van der Waals surface area contributed by atoms with Crippen LogP contribution in [0.3, 0.4) is 0 Å². The first kappa shape index (κ1) is 12.8. The highest BCUT2D eigenvalue weighted by Crippen LogP contribution is 2.14. The smallest absolute Gasteiger partial charge is 0.289 e. The minimum absolute atomic E-state index is 0.192. The Hall–Kier alpha value is -2.65. The maximum Gasteiger partial charge on any atom is 0.352 e. The molecule has 0 saturated heterocycles. The molecule has 0 spiro atoms. The number of anilines is 1. The van der Waals surface area contributed by atoms with Crippen molar-refractivity contribution in [3.63, 3.8) is 0 Å². The van der Waals surface area contributed by atoms with Gasteiger partial charge < -0.3 is 0 Å². The van der Waals surface area contributed by atoms with Crippen molar-refractivity contribution in [3.8, 4) is 23.7 Å². The molecule has 1 aromatic heterocycles. The maximum atomic E-state index is 11.8. The van der Waals surface area contributed by atoms with Crippen LogP contribution in [0.5, 0.6) is 0 Å². The fourth-order valence-corrected chi connectivity index (χ4v) is 1.53. The van der Waals surface area contributed by atoms with E-state index in [9.17, 15) is 4.79 Å². The Kier molecular flexibility index (Phi) is 3.90. The molecule has 2 rings (SSSR count). The van der Waals surface area contributed by atoms with Gasteiger partial charge in [-0.3, -0.25) is 9.99 Å². The van der Waals surface area contributed by atoms with Crippen LogP contribution >= 0.6 is 0 Å². The summed E-state index contributed by atoms with van der Waals surface area (Å²) < 4.78 is 1.39. The first-order valence-corrected chi connectivity index (χ1v) is 5.65. The lowest BCUT2D eigenvalue weighted by atomic mass is 10.2. The van der Waals surface area contributed by atoms with Crippen LogP contribution in [0.25, 0.3) is 11.4 Å². The predicted molar refractivity (Wildman–Crippen MR) is 73.2 cm³/mol. The Balaban J connectivity index is 2.38. The normalized spacial score (nSPS) is 9.89. The van der Waals surface area contributed by atoms with Crippen molar-refractivity contribution < 1.29 is 0 Å². The van der Waals surface area contributed by atoms with E-state index in [4.69, 9.17) is 6.42 Å². The topological polar surface area (TPSA) is 71.8 Å². The molecule has 0 aliphatic heterocycles. The SMILES string of the molecule is C#CCNNc1nc(-c2ccccc2)n(C)c(=O)n1. The van der Waals surface area contributed by atoms with E-state index >= 15 is 0 Å².